The molecule has 1 fully saturated rings. The second-order valence-electron chi connectivity index (χ2n) is 7.92. The first-order valence-electron chi connectivity index (χ1n) is 10.3. The van der Waals surface area contributed by atoms with E-state index in [2.05, 4.69) is 14.9 Å². The number of fused-ring (bicyclic) bond motifs is 1. The number of hydrogen-bond donors (Lipinski definition) is 0. The Morgan fingerprint density at radius 1 is 0.929 bits per heavy atom. The molecule has 150 valence electrons. The van der Waals surface area contributed by atoms with Gasteiger partial charge in [0.1, 0.15) is 0 Å². The molecule has 2 aromatic heterocycles. The van der Waals surface area contributed by atoms with Crippen LogP contribution in [0.25, 0.3) is 0 Å². The van der Waals surface area contributed by atoms with Crippen LogP contribution in [-0.2, 0) is 33.0 Å². The van der Waals surface area contributed by atoms with Gasteiger partial charge in [-0.05, 0) is 37.3 Å². The van der Waals surface area contributed by atoms with Gasteiger partial charge < -0.3 is 4.57 Å². The van der Waals surface area contributed by atoms with Gasteiger partial charge in [0.2, 0.25) is 5.56 Å². The monoisotopic (exact) mass is 383 g/mol. The van der Waals surface area contributed by atoms with Crippen molar-refractivity contribution in [3.63, 3.8) is 0 Å². The van der Waals surface area contributed by atoms with Crippen molar-refractivity contribution in [1.82, 2.24) is 24.1 Å². The molecule has 0 bridgehead atoms. The summed E-state index contributed by atoms with van der Waals surface area (Å²) in [5.74, 6) is 0. The Labute approximate surface area is 165 Å². The lowest BCUT2D eigenvalue weighted by atomic mass is 9.97. The largest absolute Gasteiger partial charge is 0.314 e. The van der Waals surface area contributed by atoms with Crippen LogP contribution in [-0.4, -0.2) is 56.9 Å². The normalized spacial score (nSPS) is 18.2. The maximum Gasteiger partial charge on any atom is 0.267 e. The SMILES string of the molecule is Cn1c(CN2CCN(CCn3nc4c(cc3=O)CCCC4)CC2)cccc1=O. The summed E-state index contributed by atoms with van der Waals surface area (Å²) in [4.78, 5) is 28.9. The number of hydrogen-bond acceptors (Lipinski definition) is 5. The summed E-state index contributed by atoms with van der Waals surface area (Å²) < 4.78 is 3.37. The van der Waals surface area contributed by atoms with Crippen LogP contribution < -0.4 is 11.1 Å². The Morgan fingerprint density at radius 3 is 2.50 bits per heavy atom. The molecule has 4 rings (SSSR count). The van der Waals surface area contributed by atoms with Crippen molar-refractivity contribution in [1.29, 1.82) is 0 Å². The third kappa shape index (κ3) is 4.25. The Balaban J connectivity index is 1.30. The lowest BCUT2D eigenvalue weighted by Crippen LogP contribution is -2.47. The average Bonchev–Trinajstić information content (AvgIpc) is 2.71. The molecule has 0 N–H and O–H groups in total. The molecule has 0 saturated carbocycles. The lowest BCUT2D eigenvalue weighted by molar-refractivity contribution is 0.120. The van der Waals surface area contributed by atoms with E-state index in [1.165, 1.54) is 12.8 Å². The highest BCUT2D eigenvalue weighted by atomic mass is 16.1. The Bertz CT molecular complexity index is 941. The topological polar surface area (TPSA) is 63.4 Å². The number of pyridine rings is 1. The van der Waals surface area contributed by atoms with Crippen molar-refractivity contribution in [2.45, 2.75) is 38.8 Å². The molecular weight excluding hydrogens is 354 g/mol. The Kier molecular flexibility index (Phi) is 5.73. The quantitative estimate of drug-likeness (QED) is 0.758. The molecule has 7 heteroatoms. The predicted octanol–water partition coefficient (Wildman–Crippen LogP) is 0.639. The lowest BCUT2D eigenvalue weighted by Gasteiger charge is -2.34. The summed E-state index contributed by atoms with van der Waals surface area (Å²) in [6.07, 6.45) is 4.33. The first kappa shape index (κ1) is 19.1. The average molecular weight is 383 g/mol. The van der Waals surface area contributed by atoms with Crippen molar-refractivity contribution >= 4 is 0 Å². The molecule has 0 spiro atoms. The fourth-order valence-electron chi connectivity index (χ4n) is 4.16. The minimum absolute atomic E-state index is 0.0317. The third-order valence-corrected chi connectivity index (χ3v) is 6.04. The number of aryl methyl sites for hydroxylation is 2. The van der Waals surface area contributed by atoms with Crippen LogP contribution in [0.2, 0.25) is 0 Å². The second-order valence-corrected chi connectivity index (χ2v) is 7.92. The van der Waals surface area contributed by atoms with E-state index in [1.54, 1.807) is 21.4 Å². The summed E-state index contributed by atoms with van der Waals surface area (Å²) >= 11 is 0. The minimum Gasteiger partial charge on any atom is -0.314 e. The van der Waals surface area contributed by atoms with Crippen molar-refractivity contribution in [2.75, 3.05) is 32.7 Å². The van der Waals surface area contributed by atoms with Crippen molar-refractivity contribution in [2.24, 2.45) is 7.05 Å². The number of nitrogens with zero attached hydrogens (tertiary/aromatic N) is 5. The third-order valence-electron chi connectivity index (χ3n) is 6.04. The summed E-state index contributed by atoms with van der Waals surface area (Å²) in [6, 6.07) is 7.24. The van der Waals surface area contributed by atoms with Gasteiger partial charge in [-0.1, -0.05) is 6.07 Å². The Morgan fingerprint density at radius 2 is 1.68 bits per heavy atom. The summed E-state index contributed by atoms with van der Waals surface area (Å²) in [7, 11) is 1.83. The van der Waals surface area contributed by atoms with Gasteiger partial charge in [0.15, 0.2) is 0 Å². The van der Waals surface area contributed by atoms with Crippen LogP contribution in [0.5, 0.6) is 0 Å². The molecule has 2 aromatic rings. The smallest absolute Gasteiger partial charge is 0.267 e. The van der Waals surface area contributed by atoms with Gasteiger partial charge in [0.25, 0.3) is 5.56 Å². The zero-order valence-corrected chi connectivity index (χ0v) is 16.6. The van der Waals surface area contributed by atoms with E-state index < -0.39 is 0 Å². The van der Waals surface area contributed by atoms with Crippen LogP contribution in [0.15, 0.2) is 33.9 Å². The fourth-order valence-corrected chi connectivity index (χ4v) is 4.16. The first-order valence-corrected chi connectivity index (χ1v) is 10.3. The van der Waals surface area contributed by atoms with E-state index in [0.29, 0.717) is 6.54 Å². The summed E-state index contributed by atoms with van der Waals surface area (Å²) in [5, 5.41) is 4.62. The Hall–Kier alpha value is -2.25. The molecule has 7 nitrogen and oxygen atoms in total. The highest BCUT2D eigenvalue weighted by Gasteiger charge is 2.18. The maximum absolute atomic E-state index is 12.3. The molecule has 2 aliphatic rings. The standard InChI is InChI=1S/C21H29N5O2/c1-23-18(6-4-8-20(23)27)16-25-11-9-24(10-12-25)13-14-26-21(28)15-17-5-2-3-7-19(17)22-26/h4,6,8,15H,2-3,5,7,9-14,16H2,1H3. The summed E-state index contributed by atoms with van der Waals surface area (Å²) in [6.45, 7) is 6.18. The maximum atomic E-state index is 12.3. The molecule has 1 aliphatic carbocycles. The van der Waals surface area contributed by atoms with E-state index in [4.69, 9.17) is 0 Å². The van der Waals surface area contributed by atoms with Crippen molar-refractivity contribution in [3.8, 4) is 0 Å². The van der Waals surface area contributed by atoms with Gasteiger partial charge in [0.05, 0.1) is 12.2 Å². The predicted molar refractivity (Wildman–Crippen MR) is 109 cm³/mol. The molecule has 1 saturated heterocycles. The van der Waals surface area contributed by atoms with Crippen LogP contribution >= 0.6 is 0 Å². The van der Waals surface area contributed by atoms with Crippen LogP contribution in [0, 0.1) is 0 Å². The highest BCUT2D eigenvalue weighted by Crippen LogP contribution is 2.16. The van der Waals surface area contributed by atoms with Gasteiger partial charge in [-0.3, -0.25) is 19.4 Å². The van der Waals surface area contributed by atoms with Gasteiger partial charge in [0, 0.05) is 64.1 Å². The van der Waals surface area contributed by atoms with E-state index >= 15 is 0 Å². The van der Waals surface area contributed by atoms with E-state index in [0.717, 1.165) is 69.1 Å². The van der Waals surface area contributed by atoms with Crippen LogP contribution in [0.4, 0.5) is 0 Å². The van der Waals surface area contributed by atoms with Gasteiger partial charge in [-0.25, -0.2) is 4.68 Å². The number of piperazine rings is 1. The molecule has 1 aliphatic heterocycles. The zero-order valence-electron chi connectivity index (χ0n) is 16.6. The highest BCUT2D eigenvalue weighted by molar-refractivity contribution is 5.20. The van der Waals surface area contributed by atoms with Crippen LogP contribution in [0.1, 0.15) is 29.8 Å². The van der Waals surface area contributed by atoms with Gasteiger partial charge >= 0.3 is 0 Å². The molecular formula is C21H29N5O2. The fraction of sp³-hybridized carbons (Fsp3) is 0.571. The van der Waals surface area contributed by atoms with E-state index in [1.807, 2.05) is 19.2 Å². The molecule has 3 heterocycles. The first-order chi connectivity index (χ1) is 13.6. The summed E-state index contributed by atoms with van der Waals surface area (Å²) in [5.41, 5.74) is 3.38. The van der Waals surface area contributed by atoms with E-state index in [-0.39, 0.29) is 11.1 Å². The van der Waals surface area contributed by atoms with Crippen LogP contribution in [0.3, 0.4) is 0 Å². The molecule has 0 unspecified atom stereocenters. The zero-order chi connectivity index (χ0) is 19.5. The van der Waals surface area contributed by atoms with Crippen molar-refractivity contribution < 1.29 is 0 Å². The molecule has 28 heavy (non-hydrogen) atoms. The van der Waals surface area contributed by atoms with Gasteiger partial charge in [-0.15, -0.1) is 0 Å². The van der Waals surface area contributed by atoms with Gasteiger partial charge in [-0.2, -0.15) is 5.10 Å². The van der Waals surface area contributed by atoms with E-state index in [9.17, 15) is 9.59 Å². The minimum atomic E-state index is 0.0317. The molecule has 0 amide bonds. The number of aromatic nitrogens is 3. The van der Waals surface area contributed by atoms with Crippen molar-refractivity contribution in [3.05, 3.63) is 61.9 Å². The molecule has 0 aromatic carbocycles. The number of rotatable bonds is 5. The molecule has 0 atom stereocenters. The second kappa shape index (κ2) is 8.41. The molecule has 0 radical (unpaired) electrons.